The van der Waals surface area contributed by atoms with Gasteiger partial charge < -0.3 is 14.5 Å². The lowest BCUT2D eigenvalue weighted by Gasteiger charge is -2.12. The zero-order chi connectivity index (χ0) is 25.9. The fourth-order valence-corrected chi connectivity index (χ4v) is 4.21. The van der Waals surface area contributed by atoms with E-state index >= 15 is 0 Å². The number of amidine groups is 1. The van der Waals surface area contributed by atoms with E-state index < -0.39 is 5.91 Å². The zero-order valence-corrected chi connectivity index (χ0v) is 20.3. The van der Waals surface area contributed by atoms with Gasteiger partial charge in [-0.1, -0.05) is 30.3 Å². The predicted octanol–water partition coefficient (Wildman–Crippen LogP) is 5.91. The summed E-state index contributed by atoms with van der Waals surface area (Å²) in [5, 5.41) is 9.07. The van der Waals surface area contributed by atoms with E-state index in [4.69, 9.17) is 9.15 Å². The number of hydrogen-bond acceptors (Lipinski definition) is 5. The fraction of sp³-hybridized carbons (Fsp3) is 0.138. The molecule has 3 aromatic carbocycles. The lowest BCUT2D eigenvalue weighted by Crippen LogP contribution is -2.28. The summed E-state index contributed by atoms with van der Waals surface area (Å²) in [4.78, 5) is 25.2. The second-order valence-corrected chi connectivity index (χ2v) is 8.51. The third kappa shape index (κ3) is 4.99. The molecule has 0 aliphatic carbocycles. The minimum Gasteiger partial charge on any atom is -0.493 e. The number of carbonyl (C=O) groups is 2. The standard InChI is InChI=1S/C29H24FN3O4/c1-3-36-25-15-26-23(24(17-37-26)19-9-11-20(30)12-10-19)14-22(25)18(2)13-28(34)31-27-16-29(35)33(32-27)21-7-5-4-6-8-21/h4-15,17H,3,16H2,1-2H3,(H,31,32,34)/b18-13+. The number of allylic oxidation sites excluding steroid dienone is 1. The fourth-order valence-electron chi connectivity index (χ4n) is 4.21. The third-order valence-corrected chi connectivity index (χ3v) is 5.95. The molecule has 0 bridgehead atoms. The van der Waals surface area contributed by atoms with Crippen molar-refractivity contribution in [2.45, 2.75) is 20.3 Å². The molecule has 1 N–H and O–H groups in total. The van der Waals surface area contributed by atoms with E-state index in [-0.39, 0.29) is 24.0 Å². The quantitative estimate of drug-likeness (QED) is 0.336. The van der Waals surface area contributed by atoms with E-state index in [1.165, 1.54) is 23.2 Å². The van der Waals surface area contributed by atoms with Gasteiger partial charge in [0.05, 0.1) is 25.0 Å². The Morgan fingerprint density at radius 3 is 2.65 bits per heavy atom. The first-order valence-electron chi connectivity index (χ1n) is 11.8. The Hall–Kier alpha value is -4.72. The van der Waals surface area contributed by atoms with Gasteiger partial charge in [0.1, 0.15) is 23.0 Å². The van der Waals surface area contributed by atoms with Gasteiger partial charge in [0.2, 0.25) is 5.91 Å². The molecule has 1 aliphatic heterocycles. The number of halogens is 1. The molecule has 8 heteroatoms. The van der Waals surface area contributed by atoms with Gasteiger partial charge >= 0.3 is 0 Å². The Balaban J connectivity index is 1.43. The first-order chi connectivity index (χ1) is 17.9. The van der Waals surface area contributed by atoms with E-state index in [9.17, 15) is 14.0 Å². The molecule has 5 rings (SSSR count). The Morgan fingerprint density at radius 1 is 1.16 bits per heavy atom. The smallest absolute Gasteiger partial charge is 0.255 e. The highest BCUT2D eigenvalue weighted by molar-refractivity contribution is 6.17. The Labute approximate surface area is 212 Å². The summed E-state index contributed by atoms with van der Waals surface area (Å²) in [6.45, 7) is 4.11. The summed E-state index contributed by atoms with van der Waals surface area (Å²) in [5.74, 6) is -0.106. The van der Waals surface area contributed by atoms with Crippen LogP contribution in [-0.4, -0.2) is 24.3 Å². The maximum atomic E-state index is 13.4. The summed E-state index contributed by atoms with van der Waals surface area (Å²) in [6, 6.07) is 18.9. The summed E-state index contributed by atoms with van der Waals surface area (Å²) in [6.07, 6.45) is 3.07. The maximum Gasteiger partial charge on any atom is 0.255 e. The number of nitrogens with zero attached hydrogens (tertiary/aromatic N) is 2. The average molecular weight is 498 g/mol. The van der Waals surface area contributed by atoms with Crippen LogP contribution >= 0.6 is 0 Å². The van der Waals surface area contributed by atoms with Crippen LogP contribution in [0.1, 0.15) is 25.8 Å². The number of carbonyl (C=O) groups excluding carboxylic acids is 2. The molecule has 0 saturated carbocycles. The van der Waals surface area contributed by atoms with E-state index in [0.29, 0.717) is 34.8 Å². The number of rotatable bonds is 6. The van der Waals surface area contributed by atoms with Crippen LogP contribution in [0.15, 0.2) is 88.6 Å². The molecule has 1 aromatic heterocycles. The summed E-state index contributed by atoms with van der Waals surface area (Å²) in [7, 11) is 0. The van der Waals surface area contributed by atoms with Crippen LogP contribution in [0.3, 0.4) is 0 Å². The molecule has 37 heavy (non-hydrogen) atoms. The molecule has 0 fully saturated rings. The van der Waals surface area contributed by atoms with E-state index in [2.05, 4.69) is 10.4 Å². The first kappa shape index (κ1) is 24.0. The van der Waals surface area contributed by atoms with Crippen LogP contribution in [0.2, 0.25) is 0 Å². The number of nitrogens with one attached hydrogen (secondary N) is 1. The number of hydrogen-bond donors (Lipinski definition) is 1. The number of amides is 2. The second-order valence-electron chi connectivity index (χ2n) is 8.51. The van der Waals surface area contributed by atoms with Crippen LogP contribution in [0.5, 0.6) is 5.75 Å². The Kier molecular flexibility index (Phi) is 6.55. The molecule has 1 aliphatic rings. The number of fused-ring (bicyclic) bond motifs is 1. The number of para-hydroxylation sites is 1. The lowest BCUT2D eigenvalue weighted by atomic mass is 9.99. The van der Waals surface area contributed by atoms with Crippen molar-refractivity contribution < 1.29 is 23.1 Å². The third-order valence-electron chi connectivity index (χ3n) is 5.95. The topological polar surface area (TPSA) is 84.1 Å². The first-order valence-corrected chi connectivity index (χ1v) is 11.8. The minimum absolute atomic E-state index is 0.000271. The highest BCUT2D eigenvalue weighted by Gasteiger charge is 2.26. The molecule has 186 valence electrons. The Morgan fingerprint density at radius 2 is 1.92 bits per heavy atom. The van der Waals surface area contributed by atoms with Crippen molar-refractivity contribution in [1.29, 1.82) is 0 Å². The number of furan rings is 1. The Bertz CT molecular complexity index is 1540. The molecule has 0 unspecified atom stereocenters. The van der Waals surface area contributed by atoms with Crippen molar-refractivity contribution in [2.24, 2.45) is 5.10 Å². The van der Waals surface area contributed by atoms with Crippen LogP contribution < -0.4 is 15.1 Å². The van der Waals surface area contributed by atoms with E-state index in [1.807, 2.05) is 31.2 Å². The predicted molar refractivity (Wildman–Crippen MR) is 141 cm³/mol. The molecule has 2 heterocycles. The van der Waals surface area contributed by atoms with E-state index in [1.54, 1.807) is 43.5 Å². The average Bonchev–Trinajstić information content (AvgIpc) is 3.47. The van der Waals surface area contributed by atoms with Gasteiger partial charge in [0.15, 0.2) is 0 Å². The molecule has 0 saturated heterocycles. The molecule has 0 atom stereocenters. The van der Waals surface area contributed by atoms with Crippen molar-refractivity contribution in [3.63, 3.8) is 0 Å². The number of anilines is 1. The maximum absolute atomic E-state index is 13.4. The van der Waals surface area contributed by atoms with Crippen LogP contribution in [0, 0.1) is 5.82 Å². The SMILES string of the molecule is CCOc1cc2occ(-c3ccc(F)cc3)c2cc1/C(C)=C/C(=O)NC1=NN(c2ccccc2)C(=O)C1. The van der Waals surface area contributed by atoms with Crippen molar-refractivity contribution in [1.82, 2.24) is 5.32 Å². The number of ether oxygens (including phenoxy) is 1. The van der Waals surface area contributed by atoms with Crippen molar-refractivity contribution in [3.8, 4) is 16.9 Å². The molecular formula is C29H24FN3O4. The van der Waals surface area contributed by atoms with Gasteiger partial charge in [-0.3, -0.25) is 9.59 Å². The van der Waals surface area contributed by atoms with Gasteiger partial charge in [-0.2, -0.15) is 10.1 Å². The highest BCUT2D eigenvalue weighted by Crippen LogP contribution is 2.37. The van der Waals surface area contributed by atoms with Crippen LogP contribution in [0.4, 0.5) is 10.1 Å². The molecule has 7 nitrogen and oxygen atoms in total. The summed E-state index contributed by atoms with van der Waals surface area (Å²) in [5.41, 5.74) is 4.22. The van der Waals surface area contributed by atoms with Crippen LogP contribution in [0.25, 0.3) is 27.7 Å². The number of benzene rings is 3. The van der Waals surface area contributed by atoms with E-state index in [0.717, 1.165) is 16.5 Å². The van der Waals surface area contributed by atoms with Gasteiger partial charge in [-0.15, -0.1) is 0 Å². The molecule has 4 aromatic rings. The van der Waals surface area contributed by atoms with Gasteiger partial charge in [-0.25, -0.2) is 4.39 Å². The second kappa shape index (κ2) is 10.1. The number of hydrazone groups is 1. The van der Waals surface area contributed by atoms with Crippen LogP contribution in [-0.2, 0) is 9.59 Å². The van der Waals surface area contributed by atoms with Crippen molar-refractivity contribution in [3.05, 3.63) is 90.4 Å². The normalized spacial score (nSPS) is 13.7. The van der Waals surface area contributed by atoms with Gasteiger partial charge in [0.25, 0.3) is 5.91 Å². The van der Waals surface area contributed by atoms with Gasteiger partial charge in [0, 0.05) is 28.7 Å². The molecule has 0 spiro atoms. The summed E-state index contributed by atoms with van der Waals surface area (Å²) < 4.78 is 25.0. The van der Waals surface area contributed by atoms with Gasteiger partial charge in [-0.05, 0) is 55.3 Å². The zero-order valence-electron chi connectivity index (χ0n) is 20.3. The lowest BCUT2D eigenvalue weighted by molar-refractivity contribution is -0.116. The molecule has 0 radical (unpaired) electrons. The van der Waals surface area contributed by atoms with Crippen molar-refractivity contribution in [2.75, 3.05) is 11.6 Å². The monoisotopic (exact) mass is 497 g/mol. The summed E-state index contributed by atoms with van der Waals surface area (Å²) >= 11 is 0. The minimum atomic E-state index is -0.410. The highest BCUT2D eigenvalue weighted by atomic mass is 19.1. The molecular weight excluding hydrogens is 473 g/mol. The van der Waals surface area contributed by atoms with Crippen molar-refractivity contribution >= 4 is 39.9 Å². The largest absolute Gasteiger partial charge is 0.493 e. The molecule has 2 amide bonds.